The Balaban J connectivity index is 1.81. The van der Waals surface area contributed by atoms with Crippen molar-refractivity contribution in [3.63, 3.8) is 0 Å². The largest absolute Gasteiger partial charge is 0.300 e. The molecule has 1 aliphatic heterocycles. The summed E-state index contributed by atoms with van der Waals surface area (Å²) in [6.45, 7) is 7.26. The minimum Gasteiger partial charge on any atom is -0.300 e. The van der Waals surface area contributed by atoms with Gasteiger partial charge in [-0.2, -0.15) is 0 Å². The highest BCUT2D eigenvalue weighted by Crippen LogP contribution is 2.22. The van der Waals surface area contributed by atoms with E-state index in [0.717, 1.165) is 17.5 Å². The molecule has 0 amide bonds. The van der Waals surface area contributed by atoms with Crippen LogP contribution in [0.5, 0.6) is 0 Å². The Morgan fingerprint density at radius 1 is 1.24 bits per heavy atom. The van der Waals surface area contributed by atoms with Gasteiger partial charge >= 0.3 is 0 Å². The summed E-state index contributed by atoms with van der Waals surface area (Å²) >= 11 is 5.89. The van der Waals surface area contributed by atoms with E-state index in [2.05, 4.69) is 23.6 Å². The molecular weight excluding hydrogens is 230 g/mol. The molecule has 0 radical (unpaired) electrons. The molecule has 0 atom stereocenters. The summed E-state index contributed by atoms with van der Waals surface area (Å²) in [4.78, 5) is 2.48. The highest BCUT2D eigenvalue weighted by atomic mass is 35.5. The van der Waals surface area contributed by atoms with Crippen molar-refractivity contribution >= 4 is 11.6 Å². The molecule has 0 spiro atoms. The third kappa shape index (κ3) is 3.86. The maximum absolute atomic E-state index is 5.89. The maximum Gasteiger partial charge on any atom is 0.0406 e. The Labute approximate surface area is 109 Å². The van der Waals surface area contributed by atoms with Gasteiger partial charge in [0.1, 0.15) is 0 Å². The van der Waals surface area contributed by atoms with Crippen molar-refractivity contribution in [3.05, 3.63) is 47.5 Å². The lowest BCUT2D eigenvalue weighted by atomic mass is 9.90. The molecule has 1 aliphatic rings. The van der Waals surface area contributed by atoms with Crippen LogP contribution >= 0.6 is 11.6 Å². The summed E-state index contributed by atoms with van der Waals surface area (Å²) in [6.07, 6.45) is 5.80. The Hall–Kier alpha value is -0.790. The third-order valence-corrected chi connectivity index (χ3v) is 3.78. The average molecular weight is 250 g/mol. The smallest absolute Gasteiger partial charge is 0.0406 e. The van der Waals surface area contributed by atoms with Crippen LogP contribution in [0.4, 0.5) is 0 Å². The number of piperidine rings is 1. The lowest BCUT2D eigenvalue weighted by Crippen LogP contribution is -2.34. The molecule has 1 fully saturated rings. The van der Waals surface area contributed by atoms with Crippen molar-refractivity contribution < 1.29 is 0 Å². The molecule has 1 saturated heterocycles. The molecule has 0 aliphatic carbocycles. The number of likely N-dealkylation sites (tertiary alicyclic amines) is 1. The first-order valence-corrected chi connectivity index (χ1v) is 6.73. The second-order valence-corrected chi connectivity index (χ2v) is 5.30. The molecule has 17 heavy (non-hydrogen) atoms. The molecule has 1 aromatic rings. The van der Waals surface area contributed by atoms with Crippen LogP contribution in [0.25, 0.3) is 0 Å². The Morgan fingerprint density at radius 3 is 2.47 bits per heavy atom. The molecular formula is C15H20ClN. The van der Waals surface area contributed by atoms with Gasteiger partial charge in [-0.05, 0) is 56.0 Å². The fraction of sp³-hybridized carbons (Fsp3) is 0.467. The molecule has 92 valence electrons. The van der Waals surface area contributed by atoms with Crippen LogP contribution in [0.15, 0.2) is 36.9 Å². The van der Waals surface area contributed by atoms with Gasteiger partial charge in [-0.1, -0.05) is 29.8 Å². The molecule has 0 aromatic heterocycles. The number of rotatable bonds is 4. The van der Waals surface area contributed by atoms with Crippen molar-refractivity contribution in [1.29, 1.82) is 0 Å². The van der Waals surface area contributed by atoms with Gasteiger partial charge < -0.3 is 0 Å². The van der Waals surface area contributed by atoms with Crippen LogP contribution in [0.2, 0.25) is 5.02 Å². The molecule has 0 unspecified atom stereocenters. The minimum absolute atomic E-state index is 0.828. The lowest BCUT2D eigenvalue weighted by molar-refractivity contribution is 0.200. The molecule has 0 saturated carbocycles. The minimum atomic E-state index is 0.828. The summed E-state index contributed by atoms with van der Waals surface area (Å²) < 4.78 is 0. The number of halogens is 1. The number of hydrogen-bond acceptors (Lipinski definition) is 1. The quantitative estimate of drug-likeness (QED) is 0.734. The van der Waals surface area contributed by atoms with Gasteiger partial charge in [-0.25, -0.2) is 0 Å². The predicted molar refractivity (Wildman–Crippen MR) is 74.5 cm³/mol. The van der Waals surface area contributed by atoms with Crippen LogP contribution < -0.4 is 0 Å². The normalized spacial score (nSPS) is 18.2. The van der Waals surface area contributed by atoms with Crippen molar-refractivity contribution in [2.24, 2.45) is 5.92 Å². The van der Waals surface area contributed by atoms with Gasteiger partial charge in [0.15, 0.2) is 0 Å². The number of nitrogens with zero attached hydrogens (tertiary/aromatic N) is 1. The topological polar surface area (TPSA) is 3.24 Å². The molecule has 1 nitrogen and oxygen atoms in total. The van der Waals surface area contributed by atoms with E-state index in [1.54, 1.807) is 0 Å². The van der Waals surface area contributed by atoms with E-state index >= 15 is 0 Å². The van der Waals surface area contributed by atoms with Crippen LogP contribution in [-0.4, -0.2) is 24.5 Å². The summed E-state index contributed by atoms with van der Waals surface area (Å²) in [5.74, 6) is 0.831. The summed E-state index contributed by atoms with van der Waals surface area (Å²) in [5.41, 5.74) is 1.41. The van der Waals surface area contributed by atoms with Crippen LogP contribution in [-0.2, 0) is 6.42 Å². The van der Waals surface area contributed by atoms with E-state index in [9.17, 15) is 0 Å². The SMILES string of the molecule is C=CCN1CCC(Cc2ccc(Cl)cc2)CC1. The lowest BCUT2D eigenvalue weighted by Gasteiger charge is -2.31. The molecule has 2 rings (SSSR count). The van der Waals surface area contributed by atoms with E-state index in [0.29, 0.717) is 0 Å². The second-order valence-electron chi connectivity index (χ2n) is 4.86. The van der Waals surface area contributed by atoms with E-state index < -0.39 is 0 Å². The van der Waals surface area contributed by atoms with Gasteiger partial charge in [0.25, 0.3) is 0 Å². The summed E-state index contributed by atoms with van der Waals surface area (Å²) in [5, 5.41) is 0.828. The first-order valence-electron chi connectivity index (χ1n) is 6.35. The van der Waals surface area contributed by atoms with E-state index in [-0.39, 0.29) is 0 Å². The zero-order valence-corrected chi connectivity index (χ0v) is 11.0. The fourth-order valence-electron chi connectivity index (χ4n) is 2.51. The summed E-state index contributed by atoms with van der Waals surface area (Å²) in [6, 6.07) is 8.28. The zero-order chi connectivity index (χ0) is 12.1. The van der Waals surface area contributed by atoms with E-state index in [1.165, 1.54) is 37.9 Å². The maximum atomic E-state index is 5.89. The van der Waals surface area contributed by atoms with E-state index in [1.807, 2.05) is 18.2 Å². The summed E-state index contributed by atoms with van der Waals surface area (Å²) in [7, 11) is 0. The molecule has 2 heteroatoms. The molecule has 1 heterocycles. The third-order valence-electron chi connectivity index (χ3n) is 3.53. The number of hydrogen-bond donors (Lipinski definition) is 0. The highest BCUT2D eigenvalue weighted by Gasteiger charge is 2.18. The monoisotopic (exact) mass is 249 g/mol. The Morgan fingerprint density at radius 2 is 1.88 bits per heavy atom. The van der Waals surface area contributed by atoms with Crippen molar-refractivity contribution in [3.8, 4) is 0 Å². The first kappa shape index (κ1) is 12.7. The second kappa shape index (κ2) is 6.23. The van der Waals surface area contributed by atoms with Gasteiger partial charge in [-0.3, -0.25) is 4.90 Å². The Bertz CT molecular complexity index is 350. The van der Waals surface area contributed by atoms with Crippen molar-refractivity contribution in [2.75, 3.05) is 19.6 Å². The first-order chi connectivity index (χ1) is 8.28. The average Bonchev–Trinajstić information content (AvgIpc) is 2.35. The van der Waals surface area contributed by atoms with Gasteiger partial charge in [-0.15, -0.1) is 6.58 Å². The van der Waals surface area contributed by atoms with Gasteiger partial charge in [0.2, 0.25) is 0 Å². The van der Waals surface area contributed by atoms with Gasteiger partial charge in [0, 0.05) is 11.6 Å². The van der Waals surface area contributed by atoms with Crippen molar-refractivity contribution in [2.45, 2.75) is 19.3 Å². The predicted octanol–water partition coefficient (Wildman–Crippen LogP) is 3.78. The Kier molecular flexibility index (Phi) is 4.64. The van der Waals surface area contributed by atoms with Crippen LogP contribution in [0, 0.1) is 5.92 Å². The molecule has 0 bridgehead atoms. The van der Waals surface area contributed by atoms with E-state index in [4.69, 9.17) is 11.6 Å². The van der Waals surface area contributed by atoms with Crippen LogP contribution in [0.1, 0.15) is 18.4 Å². The van der Waals surface area contributed by atoms with Gasteiger partial charge in [0.05, 0.1) is 0 Å². The molecule has 1 aromatic carbocycles. The highest BCUT2D eigenvalue weighted by molar-refractivity contribution is 6.30. The van der Waals surface area contributed by atoms with Crippen LogP contribution in [0.3, 0.4) is 0 Å². The number of benzene rings is 1. The van der Waals surface area contributed by atoms with Crippen molar-refractivity contribution in [1.82, 2.24) is 4.90 Å². The standard InChI is InChI=1S/C15H20ClN/c1-2-9-17-10-7-14(8-11-17)12-13-3-5-15(16)6-4-13/h2-6,14H,1,7-12H2. The fourth-order valence-corrected chi connectivity index (χ4v) is 2.64. The zero-order valence-electron chi connectivity index (χ0n) is 10.2. The molecule has 0 N–H and O–H groups in total.